The molecule has 92 valence electrons. The van der Waals surface area contributed by atoms with E-state index in [0.29, 0.717) is 0 Å². The Labute approximate surface area is 103 Å². The average molecular weight is 245 g/mol. The Hall–Kier alpha value is -2.50. The van der Waals surface area contributed by atoms with E-state index in [9.17, 15) is 9.59 Å². The van der Waals surface area contributed by atoms with Gasteiger partial charge in [0.1, 0.15) is 6.26 Å². The third-order valence-electron chi connectivity index (χ3n) is 2.17. The lowest BCUT2D eigenvalue weighted by Crippen LogP contribution is -2.15. The number of aryl methyl sites for hydroxylation is 2. The molecule has 6 nitrogen and oxygen atoms in total. The molecule has 0 aliphatic rings. The SMILES string of the molecule is Cc1cc(C)nc(NC(=O)c2ccc(=O)oc2)n1. The number of aromatic nitrogens is 2. The fraction of sp³-hybridized carbons (Fsp3) is 0.167. The van der Waals surface area contributed by atoms with Crippen LogP contribution in [0.5, 0.6) is 0 Å². The summed E-state index contributed by atoms with van der Waals surface area (Å²) in [7, 11) is 0. The molecule has 18 heavy (non-hydrogen) atoms. The van der Waals surface area contributed by atoms with Crippen molar-refractivity contribution in [2.24, 2.45) is 0 Å². The predicted molar refractivity (Wildman–Crippen MR) is 64.4 cm³/mol. The average Bonchev–Trinajstić information content (AvgIpc) is 2.28. The number of nitrogens with zero attached hydrogens (tertiary/aromatic N) is 2. The molecule has 0 atom stereocenters. The van der Waals surface area contributed by atoms with Gasteiger partial charge < -0.3 is 4.42 Å². The zero-order valence-electron chi connectivity index (χ0n) is 9.93. The number of nitrogens with one attached hydrogen (secondary N) is 1. The maximum absolute atomic E-state index is 11.8. The van der Waals surface area contributed by atoms with Crippen LogP contribution in [0.4, 0.5) is 5.95 Å². The van der Waals surface area contributed by atoms with Gasteiger partial charge in [-0.3, -0.25) is 10.1 Å². The van der Waals surface area contributed by atoms with Crippen molar-refractivity contribution in [2.45, 2.75) is 13.8 Å². The van der Waals surface area contributed by atoms with Crippen LogP contribution in [0.3, 0.4) is 0 Å². The van der Waals surface area contributed by atoms with Crippen molar-refractivity contribution in [3.63, 3.8) is 0 Å². The zero-order valence-corrected chi connectivity index (χ0v) is 9.93. The molecule has 0 saturated carbocycles. The number of carbonyl (C=O) groups is 1. The van der Waals surface area contributed by atoms with E-state index in [1.165, 1.54) is 12.1 Å². The summed E-state index contributed by atoms with van der Waals surface area (Å²) in [4.78, 5) is 30.7. The Bertz CT molecular complexity index is 609. The first-order chi connectivity index (χ1) is 8.54. The van der Waals surface area contributed by atoms with Gasteiger partial charge in [-0.2, -0.15) is 0 Å². The summed E-state index contributed by atoms with van der Waals surface area (Å²) in [5.74, 6) is -0.201. The third-order valence-corrected chi connectivity index (χ3v) is 2.17. The molecule has 0 spiro atoms. The van der Waals surface area contributed by atoms with E-state index in [1.807, 2.05) is 13.8 Å². The van der Waals surface area contributed by atoms with Crippen LogP contribution in [0.1, 0.15) is 21.7 Å². The molecular formula is C12H11N3O3. The van der Waals surface area contributed by atoms with E-state index >= 15 is 0 Å². The number of anilines is 1. The number of rotatable bonds is 2. The molecule has 1 N–H and O–H groups in total. The molecule has 0 aliphatic carbocycles. The second kappa shape index (κ2) is 4.79. The minimum Gasteiger partial charge on any atom is -0.430 e. The van der Waals surface area contributed by atoms with Gasteiger partial charge in [0, 0.05) is 17.5 Å². The molecule has 2 rings (SSSR count). The Morgan fingerprint density at radius 3 is 2.44 bits per heavy atom. The molecule has 2 aromatic heterocycles. The summed E-state index contributed by atoms with van der Waals surface area (Å²) < 4.78 is 4.61. The Kier molecular flexibility index (Phi) is 3.18. The van der Waals surface area contributed by atoms with Gasteiger partial charge in [0.15, 0.2) is 0 Å². The first-order valence-electron chi connectivity index (χ1n) is 5.27. The van der Waals surface area contributed by atoms with Crippen molar-refractivity contribution >= 4 is 11.9 Å². The van der Waals surface area contributed by atoms with Gasteiger partial charge in [-0.1, -0.05) is 0 Å². The van der Waals surface area contributed by atoms with Crippen molar-refractivity contribution < 1.29 is 9.21 Å². The van der Waals surface area contributed by atoms with Gasteiger partial charge in [0.25, 0.3) is 5.91 Å². The van der Waals surface area contributed by atoms with Crippen LogP contribution in [0.2, 0.25) is 0 Å². The van der Waals surface area contributed by atoms with E-state index in [0.717, 1.165) is 17.7 Å². The highest BCUT2D eigenvalue weighted by Gasteiger charge is 2.09. The quantitative estimate of drug-likeness (QED) is 0.861. The second-order valence-corrected chi connectivity index (χ2v) is 3.77. The molecule has 0 aromatic carbocycles. The van der Waals surface area contributed by atoms with Crippen LogP contribution in [0.25, 0.3) is 0 Å². The molecule has 2 aromatic rings. The first-order valence-corrected chi connectivity index (χ1v) is 5.27. The lowest BCUT2D eigenvalue weighted by atomic mass is 10.3. The van der Waals surface area contributed by atoms with Crippen LogP contribution in [0.15, 0.2) is 33.7 Å². The van der Waals surface area contributed by atoms with Gasteiger partial charge in [-0.05, 0) is 26.0 Å². The van der Waals surface area contributed by atoms with E-state index < -0.39 is 11.5 Å². The van der Waals surface area contributed by atoms with E-state index in [1.54, 1.807) is 6.07 Å². The standard InChI is InChI=1S/C12H11N3O3/c1-7-5-8(2)14-12(13-7)15-11(17)9-3-4-10(16)18-6-9/h3-6H,1-2H3,(H,13,14,15,17). The molecule has 1 amide bonds. The van der Waals surface area contributed by atoms with Crippen LogP contribution in [-0.4, -0.2) is 15.9 Å². The fourth-order valence-corrected chi connectivity index (χ4v) is 1.44. The number of hydrogen-bond acceptors (Lipinski definition) is 5. The van der Waals surface area contributed by atoms with Crippen LogP contribution < -0.4 is 10.9 Å². The van der Waals surface area contributed by atoms with Gasteiger partial charge >= 0.3 is 5.63 Å². The van der Waals surface area contributed by atoms with Gasteiger partial charge in [0.2, 0.25) is 5.95 Å². The van der Waals surface area contributed by atoms with Gasteiger partial charge in [0.05, 0.1) is 5.56 Å². The summed E-state index contributed by atoms with van der Waals surface area (Å²) in [6, 6.07) is 4.36. The summed E-state index contributed by atoms with van der Waals surface area (Å²) >= 11 is 0. The first kappa shape index (κ1) is 12.0. The van der Waals surface area contributed by atoms with E-state index in [2.05, 4.69) is 19.7 Å². The normalized spacial score (nSPS) is 10.1. The zero-order chi connectivity index (χ0) is 13.1. The molecule has 0 fully saturated rings. The summed E-state index contributed by atoms with van der Waals surface area (Å²) in [5.41, 5.74) is 1.25. The summed E-state index contributed by atoms with van der Waals surface area (Å²) in [6.07, 6.45) is 1.10. The molecule has 0 unspecified atom stereocenters. The summed E-state index contributed by atoms with van der Waals surface area (Å²) in [6.45, 7) is 3.62. The highest BCUT2D eigenvalue weighted by atomic mass is 16.4. The highest BCUT2D eigenvalue weighted by molar-refractivity contribution is 6.02. The molecule has 0 radical (unpaired) electrons. The van der Waals surface area contributed by atoms with E-state index in [4.69, 9.17) is 0 Å². The third kappa shape index (κ3) is 2.79. The van der Waals surface area contributed by atoms with Crippen molar-refractivity contribution in [3.8, 4) is 0 Å². The minimum atomic E-state index is -0.505. The van der Waals surface area contributed by atoms with Crippen LogP contribution in [0, 0.1) is 13.8 Å². The molecular weight excluding hydrogens is 234 g/mol. The maximum atomic E-state index is 11.8. The second-order valence-electron chi connectivity index (χ2n) is 3.77. The Balaban J connectivity index is 2.21. The predicted octanol–water partition coefficient (Wildman–Crippen LogP) is 1.30. The number of amides is 1. The maximum Gasteiger partial charge on any atom is 0.335 e. The molecule has 0 aliphatic heterocycles. The molecule has 0 bridgehead atoms. The summed E-state index contributed by atoms with van der Waals surface area (Å²) in [5, 5.41) is 2.54. The molecule has 2 heterocycles. The minimum absolute atomic E-state index is 0.226. The van der Waals surface area contributed by atoms with Crippen molar-refractivity contribution in [2.75, 3.05) is 5.32 Å². The smallest absolute Gasteiger partial charge is 0.335 e. The molecule has 0 saturated heterocycles. The Morgan fingerprint density at radius 2 is 1.89 bits per heavy atom. The van der Waals surface area contributed by atoms with Crippen LogP contribution in [-0.2, 0) is 0 Å². The van der Waals surface area contributed by atoms with Crippen molar-refractivity contribution in [1.29, 1.82) is 0 Å². The highest BCUT2D eigenvalue weighted by Crippen LogP contribution is 2.06. The number of carbonyl (C=O) groups excluding carboxylic acids is 1. The topological polar surface area (TPSA) is 85.1 Å². The lowest BCUT2D eigenvalue weighted by Gasteiger charge is -2.04. The Morgan fingerprint density at radius 1 is 1.22 bits per heavy atom. The monoisotopic (exact) mass is 245 g/mol. The van der Waals surface area contributed by atoms with Crippen molar-refractivity contribution in [1.82, 2.24) is 9.97 Å². The van der Waals surface area contributed by atoms with Crippen molar-refractivity contribution in [3.05, 3.63) is 51.8 Å². The molecule has 6 heteroatoms. The van der Waals surface area contributed by atoms with Gasteiger partial charge in [-0.15, -0.1) is 0 Å². The van der Waals surface area contributed by atoms with Crippen LogP contribution >= 0.6 is 0 Å². The largest absolute Gasteiger partial charge is 0.430 e. The van der Waals surface area contributed by atoms with E-state index in [-0.39, 0.29) is 11.5 Å². The fourth-order valence-electron chi connectivity index (χ4n) is 1.44. The number of hydrogen-bond donors (Lipinski definition) is 1. The van der Waals surface area contributed by atoms with Gasteiger partial charge in [-0.25, -0.2) is 14.8 Å². The lowest BCUT2D eigenvalue weighted by molar-refractivity contribution is 0.102.